The second kappa shape index (κ2) is 5.84. The number of carbonyl (C=O) groups is 1. The average molecular weight is 317 g/mol. The number of aliphatic imine (C=N–C) groups is 1. The van der Waals surface area contributed by atoms with Crippen molar-refractivity contribution in [2.75, 3.05) is 11.5 Å². The van der Waals surface area contributed by atoms with Crippen LogP contribution in [0.3, 0.4) is 0 Å². The van der Waals surface area contributed by atoms with Gasteiger partial charge in [0, 0.05) is 11.4 Å². The molecule has 2 rings (SSSR count). The number of anilines is 2. The van der Waals surface area contributed by atoms with Crippen LogP contribution in [-0.4, -0.2) is 21.7 Å². The van der Waals surface area contributed by atoms with Crippen LogP contribution in [-0.2, 0) is 0 Å². The van der Waals surface area contributed by atoms with Crippen LogP contribution in [0.25, 0.3) is 0 Å². The van der Waals surface area contributed by atoms with E-state index in [0.717, 1.165) is 6.92 Å². The van der Waals surface area contributed by atoms with E-state index in [9.17, 15) is 19.8 Å². The van der Waals surface area contributed by atoms with Gasteiger partial charge in [-0.15, -0.1) is 0 Å². The van der Waals surface area contributed by atoms with Gasteiger partial charge in [-0.05, 0) is 32.0 Å². The maximum absolute atomic E-state index is 11.9. The Bertz CT molecular complexity index is 863. The van der Waals surface area contributed by atoms with E-state index in [1.807, 2.05) is 0 Å². The summed E-state index contributed by atoms with van der Waals surface area (Å²) in [4.78, 5) is 27.5. The minimum absolute atomic E-state index is 0.0729. The van der Waals surface area contributed by atoms with Crippen LogP contribution in [0.4, 0.5) is 17.1 Å². The first-order valence-electron chi connectivity index (χ1n) is 6.52. The molecular weight excluding hydrogens is 302 g/mol. The van der Waals surface area contributed by atoms with E-state index < -0.39 is 28.7 Å². The van der Waals surface area contributed by atoms with E-state index in [4.69, 9.17) is 11.5 Å². The van der Waals surface area contributed by atoms with Crippen molar-refractivity contribution in [2.24, 2.45) is 4.99 Å². The fourth-order valence-corrected chi connectivity index (χ4v) is 2.12. The Morgan fingerprint density at radius 3 is 2.17 bits per heavy atom. The van der Waals surface area contributed by atoms with Crippen LogP contribution < -0.4 is 17.1 Å². The first-order valence-corrected chi connectivity index (χ1v) is 6.52. The number of nitrogens with zero attached hydrogens (tertiary/aromatic N) is 1. The number of hydrogen-bond donors (Lipinski definition) is 4. The number of hydrogen-bond acceptors (Lipinski definition) is 8. The van der Waals surface area contributed by atoms with E-state index in [1.54, 1.807) is 0 Å². The first kappa shape index (κ1) is 16.1. The van der Waals surface area contributed by atoms with Gasteiger partial charge >= 0.3 is 5.63 Å². The highest BCUT2D eigenvalue weighted by Gasteiger charge is 2.23. The van der Waals surface area contributed by atoms with Gasteiger partial charge in [0.25, 0.3) is 5.95 Å². The number of nitrogens with two attached hydrogens (primary N) is 2. The van der Waals surface area contributed by atoms with Gasteiger partial charge in [0.1, 0.15) is 16.9 Å². The third-order valence-corrected chi connectivity index (χ3v) is 3.05. The number of benzene rings is 1. The summed E-state index contributed by atoms with van der Waals surface area (Å²) in [6, 6.07) is 4.57. The minimum Gasteiger partial charge on any atom is -0.506 e. The lowest BCUT2D eigenvalue weighted by atomic mass is 10.1. The first-order chi connectivity index (χ1) is 10.7. The van der Waals surface area contributed by atoms with Crippen molar-refractivity contribution >= 4 is 28.6 Å². The monoisotopic (exact) mass is 317 g/mol. The van der Waals surface area contributed by atoms with Crippen molar-refractivity contribution in [3.63, 3.8) is 0 Å². The van der Waals surface area contributed by atoms with Crippen molar-refractivity contribution in [1.29, 1.82) is 0 Å². The number of rotatable bonds is 3. The molecule has 0 aliphatic rings. The zero-order valence-electron chi connectivity index (χ0n) is 12.5. The maximum Gasteiger partial charge on any atom is 0.351 e. The normalized spacial score (nSPS) is 11.5. The van der Waals surface area contributed by atoms with Crippen molar-refractivity contribution in [3.8, 4) is 11.7 Å². The van der Waals surface area contributed by atoms with E-state index >= 15 is 0 Å². The molecule has 0 aliphatic carbocycles. The molecule has 1 heterocycles. The molecule has 0 aliphatic heterocycles. The van der Waals surface area contributed by atoms with Gasteiger partial charge in [-0.1, -0.05) is 0 Å². The molecule has 0 amide bonds. The molecule has 8 nitrogen and oxygen atoms in total. The summed E-state index contributed by atoms with van der Waals surface area (Å²) in [6.45, 7) is 2.55. The highest BCUT2D eigenvalue weighted by atomic mass is 16.5. The van der Waals surface area contributed by atoms with Crippen LogP contribution in [0, 0.1) is 0 Å². The SMILES string of the molecule is CC(=O)c1c(O)oc(=O)c(C(C)=Nc2cc(N)cc(N)c2)c1O. The lowest BCUT2D eigenvalue weighted by molar-refractivity contribution is 0.100. The van der Waals surface area contributed by atoms with Gasteiger partial charge in [0.15, 0.2) is 5.78 Å². The maximum atomic E-state index is 11.9. The Balaban J connectivity index is 2.66. The molecule has 8 heteroatoms. The molecule has 0 radical (unpaired) electrons. The van der Waals surface area contributed by atoms with E-state index in [0.29, 0.717) is 17.1 Å². The van der Waals surface area contributed by atoms with Gasteiger partial charge in [-0.2, -0.15) is 0 Å². The van der Waals surface area contributed by atoms with Crippen molar-refractivity contribution < 1.29 is 19.4 Å². The second-order valence-corrected chi connectivity index (χ2v) is 4.90. The highest BCUT2D eigenvalue weighted by molar-refractivity contribution is 6.07. The molecule has 6 N–H and O–H groups in total. The molecule has 0 saturated heterocycles. The fourth-order valence-electron chi connectivity index (χ4n) is 2.12. The predicted octanol–water partition coefficient (Wildman–Crippen LogP) is 1.56. The van der Waals surface area contributed by atoms with Crippen LogP contribution in [0.2, 0.25) is 0 Å². The number of carbonyl (C=O) groups excluding carboxylic acids is 1. The molecule has 0 fully saturated rings. The molecule has 120 valence electrons. The van der Waals surface area contributed by atoms with Gasteiger partial charge in [-0.3, -0.25) is 9.79 Å². The topological polar surface area (TPSA) is 152 Å². The molecule has 23 heavy (non-hydrogen) atoms. The van der Waals surface area contributed by atoms with E-state index in [2.05, 4.69) is 9.41 Å². The summed E-state index contributed by atoms with van der Waals surface area (Å²) < 4.78 is 4.58. The largest absolute Gasteiger partial charge is 0.506 e. The molecule has 0 atom stereocenters. The Morgan fingerprint density at radius 1 is 1.09 bits per heavy atom. The molecule has 1 aromatic carbocycles. The third kappa shape index (κ3) is 3.15. The Labute approximate surface area is 130 Å². The second-order valence-electron chi connectivity index (χ2n) is 4.90. The smallest absolute Gasteiger partial charge is 0.351 e. The number of nitrogen functional groups attached to an aromatic ring is 2. The Morgan fingerprint density at radius 2 is 1.65 bits per heavy atom. The standard InChI is InChI=1S/C15H15N3O5/c1-6(18-10-4-8(16)3-9(17)5-10)11-13(20)12(7(2)19)15(22)23-14(11)21/h3-5,20,22H,16-17H2,1-2H3. The summed E-state index contributed by atoms with van der Waals surface area (Å²) in [5.41, 5.74) is 10.7. The quantitative estimate of drug-likeness (QED) is 0.380. The summed E-state index contributed by atoms with van der Waals surface area (Å²) in [5.74, 6) is -2.29. The molecule has 0 bridgehead atoms. The highest BCUT2D eigenvalue weighted by Crippen LogP contribution is 2.30. The predicted molar refractivity (Wildman–Crippen MR) is 85.4 cm³/mol. The zero-order chi connectivity index (χ0) is 17.3. The van der Waals surface area contributed by atoms with Crippen molar-refractivity contribution in [2.45, 2.75) is 13.8 Å². The van der Waals surface area contributed by atoms with Crippen LogP contribution in [0.1, 0.15) is 29.8 Å². The lowest BCUT2D eigenvalue weighted by Crippen LogP contribution is -2.15. The summed E-state index contributed by atoms with van der Waals surface area (Å²) in [5, 5.41) is 19.6. The summed E-state index contributed by atoms with van der Waals surface area (Å²) in [7, 11) is 0. The molecular formula is C15H15N3O5. The van der Waals surface area contributed by atoms with Gasteiger partial charge in [-0.25, -0.2) is 4.79 Å². The third-order valence-electron chi connectivity index (χ3n) is 3.05. The van der Waals surface area contributed by atoms with E-state index in [-0.39, 0.29) is 11.3 Å². The van der Waals surface area contributed by atoms with E-state index in [1.165, 1.54) is 25.1 Å². The fraction of sp³-hybridized carbons (Fsp3) is 0.133. The van der Waals surface area contributed by atoms with Crippen LogP contribution in [0.5, 0.6) is 11.7 Å². The Kier molecular flexibility index (Phi) is 4.08. The molecule has 0 spiro atoms. The van der Waals surface area contributed by atoms with Gasteiger partial charge in [0.2, 0.25) is 0 Å². The molecule has 1 aromatic heterocycles. The minimum atomic E-state index is -1.02. The summed E-state index contributed by atoms with van der Waals surface area (Å²) in [6.07, 6.45) is 0. The van der Waals surface area contributed by atoms with Gasteiger partial charge in [0.05, 0.1) is 11.4 Å². The number of Topliss-reactive ketones (excluding diaryl/α,β-unsaturated/α-hetero) is 1. The molecule has 2 aromatic rings. The molecule has 0 unspecified atom stereocenters. The zero-order valence-corrected chi connectivity index (χ0v) is 12.5. The number of ketones is 1. The summed E-state index contributed by atoms with van der Waals surface area (Å²) >= 11 is 0. The van der Waals surface area contributed by atoms with Crippen molar-refractivity contribution in [1.82, 2.24) is 0 Å². The van der Waals surface area contributed by atoms with Crippen LogP contribution in [0.15, 0.2) is 32.4 Å². The van der Waals surface area contributed by atoms with Crippen LogP contribution >= 0.6 is 0 Å². The Hall–Kier alpha value is -3.29. The lowest BCUT2D eigenvalue weighted by Gasteiger charge is -2.08. The number of aromatic hydroxyl groups is 2. The molecule has 0 saturated carbocycles. The average Bonchev–Trinajstić information content (AvgIpc) is 2.35. The van der Waals surface area contributed by atoms with Gasteiger partial charge < -0.3 is 26.1 Å². The van der Waals surface area contributed by atoms with Crippen molar-refractivity contribution in [3.05, 3.63) is 39.7 Å².